The van der Waals surface area contributed by atoms with Crippen molar-refractivity contribution in [2.75, 3.05) is 26.9 Å². The number of benzene rings is 1. The van der Waals surface area contributed by atoms with E-state index < -0.39 is 17.6 Å². The van der Waals surface area contributed by atoms with Gasteiger partial charge in [-0.3, -0.25) is 4.79 Å². The average Bonchev–Trinajstić information content (AvgIpc) is 2.46. The Labute approximate surface area is 114 Å². The molecule has 0 unspecified atom stereocenters. The molecule has 0 aromatic heterocycles. The summed E-state index contributed by atoms with van der Waals surface area (Å²) in [5, 5.41) is 0. The van der Waals surface area contributed by atoms with Crippen molar-refractivity contribution in [1.29, 1.82) is 0 Å². The van der Waals surface area contributed by atoms with Crippen LogP contribution in [-0.4, -0.2) is 38.7 Å². The number of hydrogen-bond acceptors (Lipinski definition) is 6. The first-order valence-electron chi connectivity index (χ1n) is 5.97. The fraction of sp³-hybridized carbons (Fsp3) is 0.385. The molecule has 1 aliphatic rings. The summed E-state index contributed by atoms with van der Waals surface area (Å²) in [5.41, 5.74) is -0.257. The molecule has 0 fully saturated rings. The Morgan fingerprint density at radius 1 is 1.35 bits per heavy atom. The van der Waals surface area contributed by atoms with Gasteiger partial charge in [-0.15, -0.1) is 0 Å². The number of esters is 1. The summed E-state index contributed by atoms with van der Waals surface area (Å²) in [6.07, 6.45) is 0. The van der Waals surface area contributed by atoms with Crippen LogP contribution in [0.5, 0.6) is 17.2 Å². The maximum Gasteiger partial charge on any atom is 0.379 e. The number of carbonyl (C=O) groups excluding carboxylic acids is 2. The molecule has 0 spiro atoms. The Morgan fingerprint density at radius 3 is 2.70 bits per heavy atom. The van der Waals surface area contributed by atoms with E-state index in [4.69, 9.17) is 14.2 Å². The van der Waals surface area contributed by atoms with Crippen molar-refractivity contribution in [3.63, 3.8) is 0 Å². The molecular weight excluding hydrogens is 271 g/mol. The monoisotopic (exact) mass is 284 g/mol. The van der Waals surface area contributed by atoms with E-state index in [1.54, 1.807) is 6.92 Å². The molecule has 7 heteroatoms. The average molecular weight is 284 g/mol. The van der Waals surface area contributed by atoms with Crippen molar-refractivity contribution in [2.45, 2.75) is 6.92 Å². The van der Waals surface area contributed by atoms with Crippen LogP contribution in [0.15, 0.2) is 6.07 Å². The molecule has 0 N–H and O–H groups in total. The van der Waals surface area contributed by atoms with Gasteiger partial charge in [0.2, 0.25) is 11.6 Å². The zero-order chi connectivity index (χ0) is 14.7. The van der Waals surface area contributed by atoms with Gasteiger partial charge in [-0.05, 0) is 13.0 Å². The van der Waals surface area contributed by atoms with Crippen molar-refractivity contribution in [1.82, 2.24) is 0 Å². The minimum Gasteiger partial charge on any atom is -0.493 e. The maximum atomic E-state index is 14.2. The topological polar surface area (TPSA) is 71.1 Å². The van der Waals surface area contributed by atoms with Crippen LogP contribution in [0.1, 0.15) is 17.3 Å². The second-order valence-electron chi connectivity index (χ2n) is 3.85. The van der Waals surface area contributed by atoms with Gasteiger partial charge in [0.15, 0.2) is 11.5 Å². The molecule has 1 aromatic carbocycles. The van der Waals surface area contributed by atoms with E-state index in [1.165, 1.54) is 13.2 Å². The summed E-state index contributed by atoms with van der Waals surface area (Å²) in [6.45, 7) is 2.02. The van der Waals surface area contributed by atoms with Crippen LogP contribution >= 0.6 is 0 Å². The van der Waals surface area contributed by atoms with Gasteiger partial charge in [0.05, 0.1) is 19.3 Å². The number of carbonyl (C=O) groups is 2. The molecule has 0 amide bonds. The lowest BCUT2D eigenvalue weighted by molar-refractivity contribution is -0.137. The molecule has 1 aliphatic heterocycles. The van der Waals surface area contributed by atoms with Crippen LogP contribution in [0.3, 0.4) is 0 Å². The van der Waals surface area contributed by atoms with Crippen molar-refractivity contribution in [3.05, 3.63) is 17.4 Å². The third kappa shape index (κ3) is 2.38. The minimum atomic E-state index is -1.08. The summed E-state index contributed by atoms with van der Waals surface area (Å²) in [6, 6.07) is 1.22. The van der Waals surface area contributed by atoms with E-state index in [-0.39, 0.29) is 42.6 Å². The number of Topliss-reactive ketones (excluding diaryl/α,β-unsaturated/α-hetero) is 1. The van der Waals surface area contributed by atoms with E-state index >= 15 is 0 Å². The Kier molecular flexibility index (Phi) is 4.07. The highest BCUT2D eigenvalue weighted by Gasteiger charge is 2.30. The summed E-state index contributed by atoms with van der Waals surface area (Å²) in [4.78, 5) is 23.4. The van der Waals surface area contributed by atoms with E-state index in [9.17, 15) is 14.0 Å². The molecule has 0 radical (unpaired) electrons. The molecular formula is C13H13FO6. The van der Waals surface area contributed by atoms with Crippen LogP contribution < -0.4 is 14.2 Å². The molecule has 20 heavy (non-hydrogen) atoms. The molecule has 0 saturated carbocycles. The molecule has 0 atom stereocenters. The fourth-order valence-electron chi connectivity index (χ4n) is 1.80. The Bertz CT molecular complexity index is 554. The molecule has 108 valence electrons. The van der Waals surface area contributed by atoms with Crippen molar-refractivity contribution >= 4 is 11.8 Å². The summed E-state index contributed by atoms with van der Waals surface area (Å²) < 4.78 is 34.0. The second-order valence-corrected chi connectivity index (χ2v) is 3.85. The molecule has 2 rings (SSSR count). The SMILES string of the molecule is CCOC(=O)C(=O)c1cc2c(c(F)c1OC)OCCO2. The third-order valence-corrected chi connectivity index (χ3v) is 2.64. The maximum absolute atomic E-state index is 14.2. The van der Waals surface area contributed by atoms with Crippen LogP contribution in [0.2, 0.25) is 0 Å². The standard InChI is InChI=1S/C13H13FO6/c1-3-18-13(16)10(15)7-6-8-12(20-5-4-19-8)9(14)11(7)17-2/h6H,3-5H2,1-2H3. The summed E-state index contributed by atoms with van der Waals surface area (Å²) >= 11 is 0. The zero-order valence-electron chi connectivity index (χ0n) is 11.0. The summed E-state index contributed by atoms with van der Waals surface area (Å²) in [7, 11) is 1.19. The quantitative estimate of drug-likeness (QED) is 0.472. The number of fused-ring (bicyclic) bond motifs is 1. The first-order chi connectivity index (χ1) is 9.60. The van der Waals surface area contributed by atoms with Gasteiger partial charge in [-0.25, -0.2) is 4.79 Å². The number of halogens is 1. The molecule has 0 saturated heterocycles. The first kappa shape index (κ1) is 14.1. The lowest BCUT2D eigenvalue weighted by Crippen LogP contribution is -2.21. The molecule has 1 heterocycles. The molecule has 0 aliphatic carbocycles. The van der Waals surface area contributed by atoms with Gasteiger partial charge >= 0.3 is 5.97 Å². The lowest BCUT2D eigenvalue weighted by atomic mass is 10.1. The number of ketones is 1. The number of ether oxygens (including phenoxy) is 4. The fourth-order valence-corrected chi connectivity index (χ4v) is 1.80. The Balaban J connectivity index is 2.49. The minimum absolute atomic E-state index is 0.0416. The molecule has 0 bridgehead atoms. The van der Waals surface area contributed by atoms with Gasteiger partial charge < -0.3 is 18.9 Å². The van der Waals surface area contributed by atoms with Gasteiger partial charge in [0.1, 0.15) is 13.2 Å². The normalized spacial score (nSPS) is 12.8. The van der Waals surface area contributed by atoms with Crippen molar-refractivity contribution < 1.29 is 32.9 Å². The highest BCUT2D eigenvalue weighted by atomic mass is 19.1. The highest BCUT2D eigenvalue weighted by Crippen LogP contribution is 2.40. The Hall–Kier alpha value is -2.31. The lowest BCUT2D eigenvalue weighted by Gasteiger charge is -2.21. The van der Waals surface area contributed by atoms with Crippen LogP contribution in [-0.2, 0) is 9.53 Å². The first-order valence-corrected chi connectivity index (χ1v) is 5.97. The Morgan fingerprint density at radius 2 is 2.05 bits per heavy atom. The van der Waals surface area contributed by atoms with Gasteiger partial charge in [-0.1, -0.05) is 0 Å². The van der Waals surface area contributed by atoms with Crippen molar-refractivity contribution in [2.24, 2.45) is 0 Å². The summed E-state index contributed by atoms with van der Waals surface area (Å²) in [5.74, 6) is -3.40. The third-order valence-electron chi connectivity index (χ3n) is 2.64. The number of methoxy groups -OCH3 is 1. The van der Waals surface area contributed by atoms with Crippen LogP contribution in [0.25, 0.3) is 0 Å². The second kappa shape index (κ2) is 5.77. The molecule has 6 nitrogen and oxygen atoms in total. The smallest absolute Gasteiger partial charge is 0.379 e. The van der Waals surface area contributed by atoms with E-state index in [0.29, 0.717) is 0 Å². The van der Waals surface area contributed by atoms with Crippen LogP contribution in [0, 0.1) is 5.82 Å². The number of rotatable bonds is 4. The van der Waals surface area contributed by atoms with Gasteiger partial charge in [0.25, 0.3) is 5.78 Å². The zero-order valence-corrected chi connectivity index (χ0v) is 11.0. The largest absolute Gasteiger partial charge is 0.493 e. The predicted octanol–water partition coefficient (Wildman–Crippen LogP) is 1.35. The van der Waals surface area contributed by atoms with E-state index in [0.717, 1.165) is 0 Å². The van der Waals surface area contributed by atoms with Crippen LogP contribution in [0.4, 0.5) is 4.39 Å². The van der Waals surface area contributed by atoms with E-state index in [2.05, 4.69) is 4.74 Å². The number of hydrogen-bond donors (Lipinski definition) is 0. The van der Waals surface area contributed by atoms with Gasteiger partial charge in [0, 0.05) is 0 Å². The van der Waals surface area contributed by atoms with E-state index in [1.807, 2.05) is 0 Å². The molecule has 1 aromatic rings. The van der Waals surface area contributed by atoms with Gasteiger partial charge in [-0.2, -0.15) is 4.39 Å². The van der Waals surface area contributed by atoms with Crippen molar-refractivity contribution in [3.8, 4) is 17.2 Å². The highest BCUT2D eigenvalue weighted by molar-refractivity contribution is 6.41. The predicted molar refractivity (Wildman–Crippen MR) is 64.9 cm³/mol.